The fourth-order valence-electron chi connectivity index (χ4n) is 3.55. The van der Waals surface area contributed by atoms with E-state index in [1.807, 2.05) is 0 Å². The molecule has 0 amide bonds. The Morgan fingerprint density at radius 1 is 1.35 bits per heavy atom. The minimum atomic E-state index is 0.790. The van der Waals surface area contributed by atoms with Crippen LogP contribution in [0.5, 0.6) is 0 Å². The van der Waals surface area contributed by atoms with E-state index < -0.39 is 0 Å². The second kappa shape index (κ2) is 4.97. The summed E-state index contributed by atoms with van der Waals surface area (Å²) in [4.78, 5) is 14.0. The van der Waals surface area contributed by atoms with Gasteiger partial charge in [0.15, 0.2) is 0 Å². The number of rotatable bonds is 2. The third-order valence-corrected chi connectivity index (χ3v) is 5.90. The number of nitrogens with zero attached hydrogens (tertiary/aromatic N) is 3. The molecule has 0 bridgehead atoms. The number of thiophene rings is 1. The molecule has 4 nitrogen and oxygen atoms in total. The zero-order chi connectivity index (χ0) is 13.5. The maximum Gasteiger partial charge on any atom is 0.140 e. The topological polar surface area (TPSA) is 41.0 Å². The lowest BCUT2D eigenvalue weighted by atomic mass is 9.88. The number of piperidine rings is 1. The van der Waals surface area contributed by atoms with Crippen LogP contribution in [0.25, 0.3) is 10.2 Å². The van der Waals surface area contributed by atoms with Gasteiger partial charge in [0.2, 0.25) is 0 Å². The van der Waals surface area contributed by atoms with Crippen LogP contribution >= 0.6 is 11.3 Å². The number of hydrogen-bond acceptors (Lipinski definition) is 5. The van der Waals surface area contributed by atoms with Gasteiger partial charge in [0.25, 0.3) is 0 Å². The highest BCUT2D eigenvalue weighted by atomic mass is 32.1. The molecule has 0 spiro atoms. The quantitative estimate of drug-likeness (QED) is 0.920. The molecule has 1 N–H and O–H groups in total. The van der Waals surface area contributed by atoms with E-state index in [9.17, 15) is 0 Å². The van der Waals surface area contributed by atoms with Crippen LogP contribution in [0.1, 0.15) is 18.2 Å². The summed E-state index contributed by atoms with van der Waals surface area (Å²) in [6.45, 7) is 6.84. The molecule has 0 saturated carbocycles. The Morgan fingerprint density at radius 3 is 3.15 bits per heavy atom. The maximum atomic E-state index is 4.59. The molecule has 2 aromatic rings. The summed E-state index contributed by atoms with van der Waals surface area (Å²) in [6.07, 6.45) is 4.09. The van der Waals surface area contributed by atoms with Gasteiger partial charge in [0.05, 0.1) is 5.39 Å². The van der Waals surface area contributed by atoms with Crippen molar-refractivity contribution in [3.8, 4) is 0 Å². The highest BCUT2D eigenvalue weighted by molar-refractivity contribution is 7.18. The van der Waals surface area contributed by atoms with E-state index >= 15 is 0 Å². The van der Waals surface area contributed by atoms with Gasteiger partial charge in [-0.05, 0) is 43.8 Å². The van der Waals surface area contributed by atoms with Crippen molar-refractivity contribution < 1.29 is 0 Å². The van der Waals surface area contributed by atoms with Gasteiger partial charge in [-0.1, -0.05) is 6.92 Å². The number of aromatic nitrogens is 2. The van der Waals surface area contributed by atoms with Crippen LogP contribution in [0.4, 0.5) is 5.82 Å². The largest absolute Gasteiger partial charge is 0.356 e. The first-order valence-corrected chi connectivity index (χ1v) is 8.36. The van der Waals surface area contributed by atoms with Crippen LogP contribution in [-0.4, -0.2) is 36.1 Å². The summed E-state index contributed by atoms with van der Waals surface area (Å²) in [6, 6.07) is 2.29. The molecule has 5 heteroatoms. The minimum absolute atomic E-state index is 0.790. The zero-order valence-corrected chi connectivity index (χ0v) is 12.6. The van der Waals surface area contributed by atoms with Crippen LogP contribution in [0.3, 0.4) is 0 Å². The summed E-state index contributed by atoms with van der Waals surface area (Å²) in [5.41, 5.74) is 0. The predicted molar refractivity (Wildman–Crippen MR) is 83.5 cm³/mol. The molecule has 106 valence electrons. The fraction of sp³-hybridized carbons (Fsp3) is 0.600. The van der Waals surface area contributed by atoms with E-state index in [4.69, 9.17) is 0 Å². The Hall–Kier alpha value is -1.20. The second-order valence-electron chi connectivity index (χ2n) is 5.90. The first-order valence-electron chi connectivity index (χ1n) is 7.54. The van der Waals surface area contributed by atoms with Gasteiger partial charge in [-0.3, -0.25) is 0 Å². The van der Waals surface area contributed by atoms with Gasteiger partial charge in [-0.15, -0.1) is 11.3 Å². The summed E-state index contributed by atoms with van der Waals surface area (Å²) in [7, 11) is 0. The molecule has 20 heavy (non-hydrogen) atoms. The van der Waals surface area contributed by atoms with Gasteiger partial charge >= 0.3 is 0 Å². The standard InChI is InChI=1S/C15H20N4S/c1-2-12-5-13-14(17-9-18-15(13)20-12)19-4-3-10-6-16-7-11(10)8-19/h5,9-11,16H,2-4,6-8H2,1H3. The van der Waals surface area contributed by atoms with Crippen molar-refractivity contribution in [3.63, 3.8) is 0 Å². The highest BCUT2D eigenvalue weighted by Gasteiger charge is 2.33. The van der Waals surface area contributed by atoms with Crippen molar-refractivity contribution in [2.45, 2.75) is 19.8 Å². The van der Waals surface area contributed by atoms with Crippen molar-refractivity contribution in [3.05, 3.63) is 17.3 Å². The molecule has 2 unspecified atom stereocenters. The second-order valence-corrected chi connectivity index (χ2v) is 7.01. The zero-order valence-electron chi connectivity index (χ0n) is 11.8. The monoisotopic (exact) mass is 288 g/mol. The Balaban J connectivity index is 1.69. The molecule has 2 aliphatic rings. The summed E-state index contributed by atoms with van der Waals surface area (Å²) in [5, 5.41) is 4.78. The van der Waals surface area contributed by atoms with E-state index in [0.29, 0.717) is 0 Å². The van der Waals surface area contributed by atoms with E-state index in [1.54, 1.807) is 17.7 Å². The van der Waals surface area contributed by atoms with Crippen LogP contribution in [0, 0.1) is 11.8 Å². The molecule has 0 aromatic carbocycles. The highest BCUT2D eigenvalue weighted by Crippen LogP contribution is 2.34. The lowest BCUT2D eigenvalue weighted by Gasteiger charge is -2.35. The Labute approximate surface area is 123 Å². The van der Waals surface area contributed by atoms with Crippen molar-refractivity contribution in [1.82, 2.24) is 15.3 Å². The Bertz CT molecular complexity index is 623. The molecule has 2 saturated heterocycles. The van der Waals surface area contributed by atoms with Crippen LogP contribution < -0.4 is 10.2 Å². The number of anilines is 1. The summed E-state index contributed by atoms with van der Waals surface area (Å²) >= 11 is 1.80. The van der Waals surface area contributed by atoms with Gasteiger partial charge < -0.3 is 10.2 Å². The molecule has 0 aliphatic carbocycles. The summed E-state index contributed by atoms with van der Waals surface area (Å²) in [5.74, 6) is 2.81. The average Bonchev–Trinajstić information content (AvgIpc) is 3.11. The Kier molecular flexibility index (Phi) is 3.11. The van der Waals surface area contributed by atoms with Gasteiger partial charge in [-0.25, -0.2) is 9.97 Å². The molecular formula is C15H20N4S. The summed E-state index contributed by atoms with van der Waals surface area (Å²) < 4.78 is 0. The normalized spacial score (nSPS) is 26.1. The van der Waals surface area contributed by atoms with E-state index in [1.165, 1.54) is 29.8 Å². The Morgan fingerprint density at radius 2 is 2.25 bits per heavy atom. The number of hydrogen-bond donors (Lipinski definition) is 1. The lowest BCUT2D eigenvalue weighted by molar-refractivity contribution is 0.348. The van der Waals surface area contributed by atoms with E-state index in [-0.39, 0.29) is 0 Å². The SMILES string of the molecule is CCc1cc2c(N3CCC4CNCC4C3)ncnc2s1. The number of fused-ring (bicyclic) bond motifs is 2. The van der Waals surface area contributed by atoms with Crippen molar-refractivity contribution in [1.29, 1.82) is 0 Å². The van der Waals surface area contributed by atoms with Gasteiger partial charge in [0, 0.05) is 18.0 Å². The van der Waals surface area contributed by atoms with Gasteiger partial charge in [-0.2, -0.15) is 0 Å². The molecular weight excluding hydrogens is 268 g/mol. The van der Waals surface area contributed by atoms with E-state index in [2.05, 4.69) is 33.2 Å². The van der Waals surface area contributed by atoms with Crippen LogP contribution in [0.2, 0.25) is 0 Å². The molecule has 2 fully saturated rings. The lowest BCUT2D eigenvalue weighted by Crippen LogP contribution is -2.40. The van der Waals surface area contributed by atoms with Crippen molar-refractivity contribution in [2.24, 2.45) is 11.8 Å². The molecule has 4 heterocycles. The fourth-order valence-corrected chi connectivity index (χ4v) is 4.48. The third kappa shape index (κ3) is 2.00. The minimum Gasteiger partial charge on any atom is -0.356 e. The predicted octanol–water partition coefficient (Wildman–Crippen LogP) is 2.30. The van der Waals surface area contributed by atoms with Crippen LogP contribution in [-0.2, 0) is 6.42 Å². The van der Waals surface area contributed by atoms with Crippen LogP contribution in [0.15, 0.2) is 12.4 Å². The number of aryl methyl sites for hydroxylation is 1. The first-order chi connectivity index (χ1) is 9.85. The maximum absolute atomic E-state index is 4.59. The van der Waals surface area contributed by atoms with Gasteiger partial charge in [0.1, 0.15) is 17.0 Å². The smallest absolute Gasteiger partial charge is 0.140 e. The molecule has 2 aromatic heterocycles. The third-order valence-electron chi connectivity index (χ3n) is 4.71. The average molecular weight is 288 g/mol. The molecule has 2 atom stereocenters. The van der Waals surface area contributed by atoms with Crippen molar-refractivity contribution >= 4 is 27.4 Å². The number of nitrogens with one attached hydrogen (secondary N) is 1. The first kappa shape index (κ1) is 12.5. The molecule has 2 aliphatic heterocycles. The molecule has 0 radical (unpaired) electrons. The van der Waals surface area contributed by atoms with E-state index in [0.717, 1.165) is 42.0 Å². The molecule has 4 rings (SSSR count). The van der Waals surface area contributed by atoms with Crippen molar-refractivity contribution in [2.75, 3.05) is 31.1 Å².